The third-order valence-electron chi connectivity index (χ3n) is 3.06. The molecular weight excluding hydrogens is 288 g/mol. The van der Waals surface area contributed by atoms with Gasteiger partial charge in [-0.2, -0.15) is 0 Å². The van der Waals surface area contributed by atoms with E-state index in [1.165, 1.54) is 0 Å². The summed E-state index contributed by atoms with van der Waals surface area (Å²) in [4.78, 5) is 8.60. The molecule has 2 aromatic rings. The molecule has 0 radical (unpaired) electrons. The molecule has 1 aromatic heterocycles. The SMILES string of the molecule is CCCc1nc(Cl)c(N)c(NCc2ccccc2OC)n1. The van der Waals surface area contributed by atoms with Crippen molar-refractivity contribution < 1.29 is 4.74 Å². The quantitative estimate of drug-likeness (QED) is 0.801. The highest BCUT2D eigenvalue weighted by molar-refractivity contribution is 6.32. The lowest BCUT2D eigenvalue weighted by molar-refractivity contribution is 0.410. The van der Waals surface area contributed by atoms with Crippen molar-refractivity contribution in [3.8, 4) is 5.75 Å². The average molecular weight is 307 g/mol. The van der Waals surface area contributed by atoms with Gasteiger partial charge in [0.05, 0.1) is 7.11 Å². The number of aromatic nitrogens is 2. The molecule has 0 unspecified atom stereocenters. The van der Waals surface area contributed by atoms with Crippen LogP contribution in [0.15, 0.2) is 24.3 Å². The number of ether oxygens (including phenoxy) is 1. The fourth-order valence-electron chi connectivity index (χ4n) is 1.98. The zero-order chi connectivity index (χ0) is 15.2. The predicted octanol–water partition coefficient (Wildman–Crippen LogP) is 3.29. The lowest BCUT2D eigenvalue weighted by Gasteiger charge is -2.13. The summed E-state index contributed by atoms with van der Waals surface area (Å²) in [6.45, 7) is 2.61. The Labute approximate surface area is 129 Å². The Hall–Kier alpha value is -2.01. The Bertz CT molecular complexity index is 619. The molecule has 0 aliphatic rings. The summed E-state index contributed by atoms with van der Waals surface area (Å²) in [7, 11) is 1.65. The first-order chi connectivity index (χ1) is 10.2. The first-order valence-corrected chi connectivity index (χ1v) is 7.21. The van der Waals surface area contributed by atoms with E-state index >= 15 is 0 Å². The number of nitrogens with one attached hydrogen (secondary N) is 1. The highest BCUT2D eigenvalue weighted by Gasteiger charge is 2.10. The number of nitrogens with two attached hydrogens (primary N) is 1. The number of nitrogens with zero attached hydrogens (tertiary/aromatic N) is 2. The number of methoxy groups -OCH3 is 1. The van der Waals surface area contributed by atoms with E-state index in [-0.39, 0.29) is 5.15 Å². The number of anilines is 2. The second-order valence-corrected chi connectivity index (χ2v) is 4.97. The Kier molecular flexibility index (Phi) is 5.22. The molecule has 0 atom stereocenters. The molecule has 5 nitrogen and oxygen atoms in total. The molecule has 2 rings (SSSR count). The van der Waals surface area contributed by atoms with Crippen LogP contribution in [0.2, 0.25) is 5.15 Å². The van der Waals surface area contributed by atoms with Gasteiger partial charge < -0.3 is 15.8 Å². The third kappa shape index (κ3) is 3.76. The van der Waals surface area contributed by atoms with Crippen molar-refractivity contribution in [2.24, 2.45) is 0 Å². The molecule has 0 saturated carbocycles. The second-order valence-electron chi connectivity index (χ2n) is 4.61. The van der Waals surface area contributed by atoms with Gasteiger partial charge in [-0.1, -0.05) is 36.7 Å². The first-order valence-electron chi connectivity index (χ1n) is 6.83. The van der Waals surface area contributed by atoms with Crippen LogP contribution in [-0.2, 0) is 13.0 Å². The zero-order valence-electron chi connectivity index (χ0n) is 12.2. The summed E-state index contributed by atoms with van der Waals surface area (Å²) >= 11 is 6.05. The van der Waals surface area contributed by atoms with Crippen LogP contribution in [0.5, 0.6) is 5.75 Å². The standard InChI is InChI=1S/C15H19ClN4O/c1-3-6-12-19-14(16)13(17)15(20-12)18-9-10-7-4-5-8-11(10)21-2/h4-5,7-8H,3,6,9,17H2,1-2H3,(H,18,19,20). The first kappa shape index (κ1) is 15.4. The number of rotatable bonds is 6. The third-order valence-corrected chi connectivity index (χ3v) is 3.35. The predicted molar refractivity (Wildman–Crippen MR) is 85.8 cm³/mol. The Balaban J connectivity index is 2.19. The fourth-order valence-corrected chi connectivity index (χ4v) is 2.17. The van der Waals surface area contributed by atoms with Crippen LogP contribution in [0.1, 0.15) is 24.7 Å². The van der Waals surface area contributed by atoms with E-state index in [4.69, 9.17) is 22.1 Å². The number of hydrogen-bond donors (Lipinski definition) is 2. The minimum Gasteiger partial charge on any atom is -0.496 e. The summed E-state index contributed by atoms with van der Waals surface area (Å²) < 4.78 is 5.32. The molecule has 0 spiro atoms. The van der Waals surface area contributed by atoms with Gasteiger partial charge in [0.25, 0.3) is 0 Å². The van der Waals surface area contributed by atoms with E-state index in [1.54, 1.807) is 7.11 Å². The molecule has 0 aliphatic heterocycles. The fraction of sp³-hybridized carbons (Fsp3) is 0.333. The lowest BCUT2D eigenvalue weighted by atomic mass is 10.2. The van der Waals surface area contributed by atoms with Crippen molar-refractivity contribution in [1.29, 1.82) is 0 Å². The molecule has 1 aromatic carbocycles. The van der Waals surface area contributed by atoms with Crippen LogP contribution in [0.25, 0.3) is 0 Å². The number of para-hydroxylation sites is 1. The number of hydrogen-bond acceptors (Lipinski definition) is 5. The zero-order valence-corrected chi connectivity index (χ0v) is 12.9. The summed E-state index contributed by atoms with van der Waals surface area (Å²) in [6, 6.07) is 7.78. The van der Waals surface area contributed by atoms with Gasteiger partial charge in [-0.3, -0.25) is 0 Å². The second kappa shape index (κ2) is 7.13. The Morgan fingerprint density at radius 1 is 1.29 bits per heavy atom. The monoisotopic (exact) mass is 306 g/mol. The van der Waals surface area contributed by atoms with E-state index in [2.05, 4.69) is 22.2 Å². The van der Waals surface area contributed by atoms with E-state index < -0.39 is 0 Å². The Morgan fingerprint density at radius 2 is 2.05 bits per heavy atom. The van der Waals surface area contributed by atoms with E-state index in [1.807, 2.05) is 24.3 Å². The van der Waals surface area contributed by atoms with Crippen LogP contribution in [-0.4, -0.2) is 17.1 Å². The molecule has 3 N–H and O–H groups in total. The van der Waals surface area contributed by atoms with E-state index in [9.17, 15) is 0 Å². The normalized spacial score (nSPS) is 10.4. The number of nitrogen functional groups attached to an aromatic ring is 1. The molecule has 112 valence electrons. The molecule has 0 amide bonds. The maximum Gasteiger partial charge on any atom is 0.157 e. The van der Waals surface area contributed by atoms with Crippen LogP contribution in [0.4, 0.5) is 11.5 Å². The van der Waals surface area contributed by atoms with Crippen LogP contribution in [0, 0.1) is 0 Å². The molecule has 0 aliphatic carbocycles. The maximum atomic E-state index is 6.05. The van der Waals surface area contributed by atoms with Crippen LogP contribution >= 0.6 is 11.6 Å². The molecule has 0 fully saturated rings. The van der Waals surface area contributed by atoms with Crippen molar-refractivity contribution in [2.45, 2.75) is 26.3 Å². The van der Waals surface area contributed by atoms with Crippen molar-refractivity contribution in [1.82, 2.24) is 9.97 Å². The van der Waals surface area contributed by atoms with Crippen molar-refractivity contribution in [2.75, 3.05) is 18.2 Å². The number of halogens is 1. The van der Waals surface area contributed by atoms with Gasteiger partial charge in [0.2, 0.25) is 0 Å². The van der Waals surface area contributed by atoms with Gasteiger partial charge in [-0.25, -0.2) is 9.97 Å². The molecule has 21 heavy (non-hydrogen) atoms. The van der Waals surface area contributed by atoms with Crippen LogP contribution < -0.4 is 15.8 Å². The van der Waals surface area contributed by atoms with Crippen molar-refractivity contribution >= 4 is 23.1 Å². The Morgan fingerprint density at radius 3 is 2.76 bits per heavy atom. The van der Waals surface area contributed by atoms with Crippen LogP contribution in [0.3, 0.4) is 0 Å². The van der Waals surface area contributed by atoms with Crippen molar-refractivity contribution in [3.05, 3.63) is 40.8 Å². The van der Waals surface area contributed by atoms with Crippen molar-refractivity contribution in [3.63, 3.8) is 0 Å². The molecule has 1 heterocycles. The maximum absolute atomic E-state index is 6.05. The summed E-state index contributed by atoms with van der Waals surface area (Å²) in [5, 5.41) is 3.49. The minimum absolute atomic E-state index is 0.288. The number of aryl methyl sites for hydroxylation is 1. The minimum atomic E-state index is 0.288. The topological polar surface area (TPSA) is 73.1 Å². The van der Waals surface area contributed by atoms with E-state index in [0.717, 1.165) is 24.2 Å². The highest BCUT2D eigenvalue weighted by Crippen LogP contribution is 2.25. The molecule has 0 bridgehead atoms. The van der Waals surface area contributed by atoms with Gasteiger partial charge in [0.15, 0.2) is 11.0 Å². The highest BCUT2D eigenvalue weighted by atomic mass is 35.5. The lowest BCUT2D eigenvalue weighted by Crippen LogP contribution is -2.09. The molecular formula is C15H19ClN4O. The largest absolute Gasteiger partial charge is 0.496 e. The number of benzene rings is 1. The van der Waals surface area contributed by atoms with Gasteiger partial charge in [-0.05, 0) is 12.5 Å². The average Bonchev–Trinajstić information content (AvgIpc) is 2.50. The summed E-state index contributed by atoms with van der Waals surface area (Å²) in [5.41, 5.74) is 7.32. The van der Waals surface area contributed by atoms with Gasteiger partial charge >= 0.3 is 0 Å². The molecule has 6 heteroatoms. The molecule has 0 saturated heterocycles. The van der Waals surface area contributed by atoms with Gasteiger partial charge in [0, 0.05) is 18.5 Å². The van der Waals surface area contributed by atoms with Gasteiger partial charge in [0.1, 0.15) is 17.3 Å². The summed E-state index contributed by atoms with van der Waals surface area (Å²) in [5.74, 6) is 2.07. The summed E-state index contributed by atoms with van der Waals surface area (Å²) in [6.07, 6.45) is 1.72. The van der Waals surface area contributed by atoms with Gasteiger partial charge in [-0.15, -0.1) is 0 Å². The van der Waals surface area contributed by atoms with E-state index in [0.29, 0.717) is 23.9 Å². The smallest absolute Gasteiger partial charge is 0.157 e.